The van der Waals surface area contributed by atoms with Gasteiger partial charge in [-0.05, 0) is 30.4 Å². The Balaban J connectivity index is 2.82. The third-order valence-electron chi connectivity index (χ3n) is 2.76. The number of hydrogen-bond donors (Lipinski definition) is 1. The number of nitrogens with one attached hydrogen (secondary N) is 1. The molecule has 0 aromatic heterocycles. The van der Waals surface area contributed by atoms with E-state index in [-0.39, 0.29) is 0 Å². The Hall–Kier alpha value is -0.980. The molecule has 0 radical (unpaired) electrons. The van der Waals surface area contributed by atoms with E-state index in [1.807, 2.05) is 0 Å². The van der Waals surface area contributed by atoms with Crippen molar-refractivity contribution in [2.24, 2.45) is 0 Å². The molecule has 0 fully saturated rings. The van der Waals surface area contributed by atoms with Gasteiger partial charge in [-0.2, -0.15) is 0 Å². The van der Waals surface area contributed by atoms with Crippen LogP contribution in [0.1, 0.15) is 50.7 Å². The molecule has 1 heteroatoms. The fourth-order valence-electron chi connectivity index (χ4n) is 1.80. The number of aryl methyl sites for hydroxylation is 1. The van der Waals surface area contributed by atoms with Crippen molar-refractivity contribution in [3.8, 4) is 0 Å². The highest BCUT2D eigenvalue weighted by molar-refractivity contribution is 5.58. The van der Waals surface area contributed by atoms with E-state index in [0.717, 1.165) is 6.54 Å². The molecule has 0 bridgehead atoms. The van der Waals surface area contributed by atoms with Crippen LogP contribution in [0, 0.1) is 6.92 Å². The van der Waals surface area contributed by atoms with Gasteiger partial charge in [-0.15, -0.1) is 0 Å². The molecule has 0 saturated carbocycles. The second-order valence-corrected chi connectivity index (χ2v) is 4.47. The quantitative estimate of drug-likeness (QED) is 0.705. The van der Waals surface area contributed by atoms with Crippen molar-refractivity contribution in [2.75, 3.05) is 11.9 Å². The molecule has 0 aliphatic carbocycles. The normalized spacial score (nSPS) is 10.7. The smallest absolute Gasteiger partial charge is 0.0405 e. The third-order valence-corrected chi connectivity index (χ3v) is 2.76. The lowest BCUT2D eigenvalue weighted by atomic mass is 9.98. The van der Waals surface area contributed by atoms with Gasteiger partial charge in [0.15, 0.2) is 0 Å². The first-order chi connectivity index (χ1) is 7.16. The molecule has 0 atom stereocenters. The van der Waals surface area contributed by atoms with Gasteiger partial charge >= 0.3 is 0 Å². The van der Waals surface area contributed by atoms with Crippen LogP contribution in [0.15, 0.2) is 18.2 Å². The van der Waals surface area contributed by atoms with Crippen LogP contribution in [0.5, 0.6) is 0 Å². The number of rotatable bonds is 5. The summed E-state index contributed by atoms with van der Waals surface area (Å²) in [6.45, 7) is 9.99. The zero-order valence-electron chi connectivity index (χ0n) is 10.4. The summed E-state index contributed by atoms with van der Waals surface area (Å²) in [6.07, 6.45) is 2.49. The summed E-state index contributed by atoms with van der Waals surface area (Å²) < 4.78 is 0. The first-order valence-electron chi connectivity index (χ1n) is 6.00. The third kappa shape index (κ3) is 3.26. The van der Waals surface area contributed by atoms with Crippen LogP contribution in [0.25, 0.3) is 0 Å². The summed E-state index contributed by atoms with van der Waals surface area (Å²) >= 11 is 0. The predicted octanol–water partition coefficient (Wildman–Crippen LogP) is 4.33. The Kier molecular flexibility index (Phi) is 4.67. The van der Waals surface area contributed by atoms with Crippen molar-refractivity contribution < 1.29 is 0 Å². The van der Waals surface area contributed by atoms with Crippen LogP contribution in [-0.2, 0) is 0 Å². The van der Waals surface area contributed by atoms with Gasteiger partial charge in [-0.1, -0.05) is 45.4 Å². The van der Waals surface area contributed by atoms with Crippen LogP contribution in [0.2, 0.25) is 0 Å². The Bertz CT molecular complexity index is 302. The van der Waals surface area contributed by atoms with Crippen molar-refractivity contribution in [3.05, 3.63) is 29.3 Å². The molecule has 0 unspecified atom stereocenters. The van der Waals surface area contributed by atoms with Gasteiger partial charge in [0, 0.05) is 12.2 Å². The first-order valence-corrected chi connectivity index (χ1v) is 6.00. The predicted molar refractivity (Wildman–Crippen MR) is 68.7 cm³/mol. The van der Waals surface area contributed by atoms with E-state index in [4.69, 9.17) is 0 Å². The molecular formula is C14H23N. The summed E-state index contributed by atoms with van der Waals surface area (Å²) in [5.74, 6) is 0.592. The summed E-state index contributed by atoms with van der Waals surface area (Å²) in [6, 6.07) is 6.56. The van der Waals surface area contributed by atoms with E-state index in [1.165, 1.54) is 29.7 Å². The van der Waals surface area contributed by atoms with Crippen molar-refractivity contribution in [3.63, 3.8) is 0 Å². The van der Waals surface area contributed by atoms with Crippen molar-refractivity contribution in [1.29, 1.82) is 0 Å². The molecule has 0 saturated heterocycles. The number of para-hydroxylation sites is 1. The monoisotopic (exact) mass is 205 g/mol. The average Bonchev–Trinajstić information content (AvgIpc) is 2.20. The minimum atomic E-state index is 0.592. The van der Waals surface area contributed by atoms with Crippen LogP contribution in [-0.4, -0.2) is 6.54 Å². The molecule has 1 nitrogen and oxygen atoms in total. The summed E-state index contributed by atoms with van der Waals surface area (Å²) in [5, 5.41) is 3.56. The van der Waals surface area contributed by atoms with E-state index >= 15 is 0 Å². The summed E-state index contributed by atoms with van der Waals surface area (Å²) in [7, 11) is 0. The maximum Gasteiger partial charge on any atom is 0.0405 e. The van der Waals surface area contributed by atoms with Crippen LogP contribution >= 0.6 is 0 Å². The highest BCUT2D eigenvalue weighted by atomic mass is 14.9. The highest BCUT2D eigenvalue weighted by Crippen LogP contribution is 2.27. The van der Waals surface area contributed by atoms with Crippen LogP contribution < -0.4 is 5.32 Å². The summed E-state index contributed by atoms with van der Waals surface area (Å²) in [5.41, 5.74) is 4.14. The molecule has 0 aliphatic heterocycles. The van der Waals surface area contributed by atoms with Crippen LogP contribution in [0.3, 0.4) is 0 Å². The molecule has 0 amide bonds. The Morgan fingerprint density at radius 3 is 2.60 bits per heavy atom. The lowest BCUT2D eigenvalue weighted by Crippen LogP contribution is -2.06. The number of benzene rings is 1. The molecule has 84 valence electrons. The largest absolute Gasteiger partial charge is 0.385 e. The molecule has 0 aliphatic rings. The van der Waals surface area contributed by atoms with E-state index in [9.17, 15) is 0 Å². The maximum absolute atomic E-state index is 3.56. The molecule has 1 aromatic rings. The fraction of sp³-hybridized carbons (Fsp3) is 0.571. The minimum Gasteiger partial charge on any atom is -0.385 e. The molecule has 1 N–H and O–H groups in total. The lowest BCUT2D eigenvalue weighted by Gasteiger charge is -2.17. The Morgan fingerprint density at radius 1 is 1.27 bits per heavy atom. The van der Waals surface area contributed by atoms with Gasteiger partial charge in [0.25, 0.3) is 0 Å². The van der Waals surface area contributed by atoms with Gasteiger partial charge in [-0.3, -0.25) is 0 Å². The Morgan fingerprint density at radius 2 is 2.00 bits per heavy atom. The van der Waals surface area contributed by atoms with Gasteiger partial charge in [-0.25, -0.2) is 0 Å². The van der Waals surface area contributed by atoms with Gasteiger partial charge in [0.05, 0.1) is 0 Å². The molecule has 0 heterocycles. The van der Waals surface area contributed by atoms with Gasteiger partial charge in [0.1, 0.15) is 0 Å². The Labute approximate surface area is 93.9 Å². The lowest BCUT2D eigenvalue weighted by molar-refractivity contribution is 0.822. The maximum atomic E-state index is 3.56. The number of hydrogen-bond acceptors (Lipinski definition) is 1. The minimum absolute atomic E-state index is 0.592. The zero-order chi connectivity index (χ0) is 11.3. The van der Waals surface area contributed by atoms with Gasteiger partial charge < -0.3 is 5.32 Å². The van der Waals surface area contributed by atoms with Crippen molar-refractivity contribution >= 4 is 5.69 Å². The molecule has 1 rings (SSSR count). The van der Waals surface area contributed by atoms with Crippen molar-refractivity contribution in [1.82, 2.24) is 0 Å². The van der Waals surface area contributed by atoms with Crippen LogP contribution in [0.4, 0.5) is 5.69 Å². The van der Waals surface area contributed by atoms with E-state index in [0.29, 0.717) is 5.92 Å². The second-order valence-electron chi connectivity index (χ2n) is 4.47. The van der Waals surface area contributed by atoms with E-state index in [2.05, 4.69) is 51.2 Å². The fourth-order valence-corrected chi connectivity index (χ4v) is 1.80. The molecule has 0 spiro atoms. The average molecular weight is 205 g/mol. The molecular weight excluding hydrogens is 182 g/mol. The SMILES string of the molecule is CCCCNc1c(C)cccc1C(C)C. The number of unbranched alkanes of at least 4 members (excludes halogenated alkanes) is 1. The molecule has 1 aromatic carbocycles. The molecule has 15 heavy (non-hydrogen) atoms. The number of anilines is 1. The topological polar surface area (TPSA) is 12.0 Å². The highest BCUT2D eigenvalue weighted by Gasteiger charge is 2.07. The van der Waals surface area contributed by atoms with E-state index < -0.39 is 0 Å². The van der Waals surface area contributed by atoms with Crippen molar-refractivity contribution in [2.45, 2.75) is 46.5 Å². The standard InChI is InChI=1S/C14H23N/c1-5-6-10-15-14-12(4)8-7-9-13(14)11(2)3/h7-9,11,15H,5-6,10H2,1-4H3. The second kappa shape index (κ2) is 5.79. The summed E-state index contributed by atoms with van der Waals surface area (Å²) in [4.78, 5) is 0. The first kappa shape index (κ1) is 12.1. The zero-order valence-corrected chi connectivity index (χ0v) is 10.4. The van der Waals surface area contributed by atoms with Gasteiger partial charge in [0.2, 0.25) is 0 Å². The van der Waals surface area contributed by atoms with E-state index in [1.54, 1.807) is 0 Å².